The average molecular weight is 557 g/mol. The van der Waals surface area contributed by atoms with Crippen LogP contribution in [0.3, 0.4) is 0 Å². The molecule has 0 aliphatic heterocycles. The van der Waals surface area contributed by atoms with Crippen LogP contribution in [0.5, 0.6) is 0 Å². The number of sulfonamides is 1. The van der Waals surface area contributed by atoms with Crippen LogP contribution in [0.1, 0.15) is 28.8 Å². The van der Waals surface area contributed by atoms with Gasteiger partial charge in [0, 0.05) is 12.2 Å². The van der Waals surface area contributed by atoms with Crippen molar-refractivity contribution >= 4 is 52.2 Å². The minimum absolute atomic E-state index is 0.0328. The van der Waals surface area contributed by atoms with Crippen LogP contribution in [0.4, 0.5) is 21.0 Å². The van der Waals surface area contributed by atoms with E-state index >= 15 is 0 Å². The molecule has 0 aliphatic rings. The van der Waals surface area contributed by atoms with Gasteiger partial charge in [-0.1, -0.05) is 48.7 Å². The van der Waals surface area contributed by atoms with Crippen LogP contribution >= 0.6 is 12.8 Å². The van der Waals surface area contributed by atoms with Crippen molar-refractivity contribution in [2.75, 3.05) is 22.8 Å². The Morgan fingerprint density at radius 1 is 0.895 bits per heavy atom. The van der Waals surface area contributed by atoms with Crippen molar-refractivity contribution in [1.82, 2.24) is 10.0 Å². The zero-order valence-corrected chi connectivity index (χ0v) is 22.3. The predicted octanol–water partition coefficient (Wildman–Crippen LogP) is 4.50. The molecule has 200 valence electrons. The third-order valence-corrected chi connectivity index (χ3v) is 6.97. The van der Waals surface area contributed by atoms with E-state index in [-0.39, 0.29) is 23.1 Å². The lowest BCUT2D eigenvalue weighted by Crippen LogP contribution is -2.34. The highest BCUT2D eigenvalue weighted by Crippen LogP contribution is 2.15. The van der Waals surface area contributed by atoms with Gasteiger partial charge in [-0.25, -0.2) is 31.8 Å². The number of ether oxygens (including phenoxy) is 1. The molecule has 10 nitrogen and oxygen atoms in total. The van der Waals surface area contributed by atoms with Crippen molar-refractivity contribution < 1.29 is 27.5 Å². The van der Waals surface area contributed by atoms with Gasteiger partial charge in [0.1, 0.15) is 0 Å². The summed E-state index contributed by atoms with van der Waals surface area (Å²) in [6, 6.07) is 19.6. The number of nitrogens with zero attached hydrogens (tertiary/aromatic N) is 1. The lowest BCUT2D eigenvalue weighted by atomic mass is 10.2. The summed E-state index contributed by atoms with van der Waals surface area (Å²) in [5, 5.41) is 5.16. The predicted molar refractivity (Wildman–Crippen MR) is 148 cm³/mol. The normalized spacial score (nSPS) is 10.8. The van der Waals surface area contributed by atoms with Gasteiger partial charge in [0.15, 0.2) is 0 Å². The maximum absolute atomic E-state index is 12.3. The van der Waals surface area contributed by atoms with Crippen molar-refractivity contribution in [3.05, 3.63) is 90.0 Å². The molecule has 4 amide bonds. The van der Waals surface area contributed by atoms with Crippen LogP contribution in [0.2, 0.25) is 0 Å². The number of para-hydroxylation sites is 1. The zero-order chi connectivity index (χ0) is 27.5. The summed E-state index contributed by atoms with van der Waals surface area (Å²) in [5.74, 6) is -0.544. The van der Waals surface area contributed by atoms with Gasteiger partial charge in [-0.15, -0.1) is 0 Å². The van der Waals surface area contributed by atoms with E-state index in [0.717, 1.165) is 5.56 Å². The molecule has 0 aromatic heterocycles. The third kappa shape index (κ3) is 8.53. The Labute approximate surface area is 227 Å². The van der Waals surface area contributed by atoms with Crippen molar-refractivity contribution in [3.63, 3.8) is 0 Å². The van der Waals surface area contributed by atoms with E-state index in [1.54, 1.807) is 36.4 Å². The maximum Gasteiger partial charge on any atom is 0.338 e. The lowest BCUT2D eigenvalue weighted by Gasteiger charge is -2.16. The molecule has 0 heterocycles. The molecule has 0 fully saturated rings. The number of nitrogens with one attached hydrogen (secondary N) is 3. The molecule has 0 saturated carbocycles. The summed E-state index contributed by atoms with van der Waals surface area (Å²) in [4.78, 5) is 36.5. The number of hydrogen-bond acceptors (Lipinski definition) is 7. The number of benzene rings is 3. The monoisotopic (exact) mass is 556 g/mol. The molecule has 38 heavy (non-hydrogen) atoms. The summed E-state index contributed by atoms with van der Waals surface area (Å²) in [6.07, 6.45) is 1.14. The van der Waals surface area contributed by atoms with E-state index in [4.69, 9.17) is 4.74 Å². The number of anilines is 2. The molecule has 12 heteroatoms. The highest BCUT2D eigenvalue weighted by Gasteiger charge is 2.17. The molecular weight excluding hydrogens is 528 g/mol. The number of urea groups is 2. The summed E-state index contributed by atoms with van der Waals surface area (Å²) in [5.41, 5.74) is 2.10. The first-order valence-corrected chi connectivity index (χ1v) is 13.5. The molecule has 0 atom stereocenters. The summed E-state index contributed by atoms with van der Waals surface area (Å²) in [7, 11) is -4.02. The van der Waals surface area contributed by atoms with Crippen molar-refractivity contribution in [1.29, 1.82) is 0 Å². The standard InChI is InChI=1S/C26H28N4O6S2/c1-19-9-15-23(16-10-19)38(34,35)29-25(32)28-21-13-11-20(12-14-21)24(31)36-18-6-5-17-27-26(33)30(37)22-7-3-2-4-8-22/h2-4,7-16,37H,5-6,17-18H2,1H3,(H,27,33)(H2,28,29,32). The van der Waals surface area contributed by atoms with Gasteiger partial charge in [0.2, 0.25) is 0 Å². The second kappa shape index (κ2) is 13.5. The molecule has 3 aromatic rings. The van der Waals surface area contributed by atoms with Crippen LogP contribution in [-0.2, 0) is 14.8 Å². The molecule has 0 spiro atoms. The zero-order valence-electron chi connectivity index (χ0n) is 20.6. The Kier molecular flexibility index (Phi) is 10.1. The topological polar surface area (TPSA) is 134 Å². The van der Waals surface area contributed by atoms with Crippen LogP contribution < -0.4 is 19.7 Å². The minimum atomic E-state index is -4.02. The number of hydrogen-bond donors (Lipinski definition) is 4. The van der Waals surface area contributed by atoms with Gasteiger partial charge in [-0.3, -0.25) is 0 Å². The fraction of sp³-hybridized carbons (Fsp3) is 0.192. The van der Waals surface area contributed by atoms with Crippen molar-refractivity contribution in [3.8, 4) is 0 Å². The molecular formula is C26H28N4O6S2. The number of unbranched alkanes of at least 4 members (excludes halogenated alkanes) is 1. The molecule has 0 saturated heterocycles. The fourth-order valence-corrected chi connectivity index (χ4v) is 4.29. The van der Waals surface area contributed by atoms with Crippen LogP contribution in [0.15, 0.2) is 83.8 Å². The quantitative estimate of drug-likeness (QED) is 0.165. The summed E-state index contributed by atoms with van der Waals surface area (Å²) < 4.78 is 33.0. The van der Waals surface area contributed by atoms with Crippen LogP contribution in [0, 0.1) is 6.92 Å². The maximum atomic E-state index is 12.3. The molecule has 0 radical (unpaired) electrons. The second-order valence-corrected chi connectivity index (χ2v) is 10.3. The minimum Gasteiger partial charge on any atom is -0.462 e. The number of aryl methyl sites for hydroxylation is 1. The number of esters is 1. The van der Waals surface area contributed by atoms with Gasteiger partial charge in [-0.2, -0.15) is 0 Å². The van der Waals surface area contributed by atoms with Crippen LogP contribution in [-0.4, -0.2) is 39.6 Å². The number of rotatable bonds is 10. The molecule has 0 bridgehead atoms. The van der Waals surface area contributed by atoms with E-state index in [1.165, 1.54) is 40.7 Å². The fourth-order valence-electron chi connectivity index (χ4n) is 3.18. The Morgan fingerprint density at radius 3 is 2.21 bits per heavy atom. The molecule has 0 unspecified atom stereocenters. The number of amides is 4. The Balaban J connectivity index is 1.36. The number of thiol groups is 1. The van der Waals surface area contributed by atoms with Gasteiger partial charge in [-0.05, 0) is 68.3 Å². The van der Waals surface area contributed by atoms with Crippen molar-refractivity contribution in [2.24, 2.45) is 0 Å². The Bertz CT molecular complexity index is 1350. The summed E-state index contributed by atoms with van der Waals surface area (Å²) in [6.45, 7) is 2.38. The van der Waals surface area contributed by atoms with Crippen molar-refractivity contribution in [2.45, 2.75) is 24.7 Å². The van der Waals surface area contributed by atoms with E-state index in [0.29, 0.717) is 30.8 Å². The molecule has 3 rings (SSSR count). The third-order valence-electron chi connectivity index (χ3n) is 5.21. The van der Waals surface area contributed by atoms with Gasteiger partial charge < -0.3 is 15.4 Å². The summed E-state index contributed by atoms with van der Waals surface area (Å²) >= 11 is 4.19. The largest absolute Gasteiger partial charge is 0.462 e. The first-order valence-electron chi connectivity index (χ1n) is 11.7. The first-order chi connectivity index (χ1) is 18.2. The van der Waals surface area contributed by atoms with Gasteiger partial charge >= 0.3 is 18.0 Å². The lowest BCUT2D eigenvalue weighted by molar-refractivity contribution is 0.0498. The van der Waals surface area contributed by atoms with E-state index in [1.807, 2.05) is 17.7 Å². The highest BCUT2D eigenvalue weighted by atomic mass is 32.2. The molecule has 0 aliphatic carbocycles. The number of carbonyl (C=O) groups is 3. The average Bonchev–Trinajstić information content (AvgIpc) is 2.90. The molecule has 3 aromatic carbocycles. The molecule has 3 N–H and O–H groups in total. The van der Waals surface area contributed by atoms with Gasteiger partial charge in [0.05, 0.1) is 22.8 Å². The second-order valence-electron chi connectivity index (χ2n) is 8.17. The SMILES string of the molecule is Cc1ccc(S(=O)(=O)NC(=O)Nc2ccc(C(=O)OCCCCNC(=O)N(S)c3ccccc3)cc2)cc1. The Morgan fingerprint density at radius 2 is 1.55 bits per heavy atom. The van der Waals surface area contributed by atoms with Gasteiger partial charge in [0.25, 0.3) is 10.0 Å². The number of carbonyl (C=O) groups excluding carboxylic acids is 3. The van der Waals surface area contributed by atoms with E-state index < -0.39 is 22.0 Å². The smallest absolute Gasteiger partial charge is 0.338 e. The van der Waals surface area contributed by atoms with E-state index in [2.05, 4.69) is 23.4 Å². The Hall–Kier alpha value is -4.03. The van der Waals surface area contributed by atoms with Crippen LogP contribution in [0.25, 0.3) is 0 Å². The van der Waals surface area contributed by atoms with E-state index in [9.17, 15) is 22.8 Å². The first kappa shape index (κ1) is 28.5. The highest BCUT2D eigenvalue weighted by molar-refractivity contribution is 7.90.